The summed E-state index contributed by atoms with van der Waals surface area (Å²) in [6.45, 7) is 20.0. The maximum absolute atomic E-state index is 3.56. The SMILES string of the molecule is C=C(C)C.CC.CC.CC1=C(C)C2C#CCCCc3cccc1c32. The van der Waals surface area contributed by atoms with E-state index in [1.807, 2.05) is 41.5 Å². The molecule has 3 rings (SSSR count). The van der Waals surface area contributed by atoms with Crippen LogP contribution in [0.25, 0.3) is 5.57 Å². The standard InChI is InChI=1S/C16H16.C4H8.2C2H6/c1-11-12(2)15-10-6-8-13-7-4-3-5-9-14(11)16(13)15;1-4(2)3;2*1-2/h6,8,10,14H,3-4,7H2,1-2H3;1H2,2-3H3;2*1-2H3. The monoisotopic (exact) mass is 324 g/mol. The first-order valence-electron chi connectivity index (χ1n) is 9.42. The van der Waals surface area contributed by atoms with E-state index in [1.165, 1.54) is 46.3 Å². The molecule has 0 aromatic heterocycles. The summed E-state index contributed by atoms with van der Waals surface area (Å²) in [4.78, 5) is 0. The van der Waals surface area contributed by atoms with E-state index in [2.05, 4.69) is 50.5 Å². The molecule has 0 spiro atoms. The van der Waals surface area contributed by atoms with E-state index in [1.54, 1.807) is 0 Å². The Morgan fingerprint density at radius 2 is 1.67 bits per heavy atom. The average molecular weight is 325 g/mol. The lowest BCUT2D eigenvalue weighted by Gasteiger charge is -2.14. The Kier molecular flexibility index (Phi) is 10.9. The summed E-state index contributed by atoms with van der Waals surface area (Å²) in [7, 11) is 0. The Morgan fingerprint density at radius 1 is 1.08 bits per heavy atom. The molecular weight excluding hydrogens is 288 g/mol. The average Bonchev–Trinajstić information content (AvgIpc) is 2.80. The molecule has 2 aliphatic rings. The van der Waals surface area contributed by atoms with Crippen LogP contribution < -0.4 is 0 Å². The number of aryl methyl sites for hydroxylation is 1. The number of benzene rings is 1. The lowest BCUT2D eigenvalue weighted by atomic mass is 9.88. The highest BCUT2D eigenvalue weighted by atomic mass is 14.3. The summed E-state index contributed by atoms with van der Waals surface area (Å²) in [6, 6.07) is 6.73. The first kappa shape index (κ1) is 22.3. The van der Waals surface area contributed by atoms with Crippen molar-refractivity contribution in [1.29, 1.82) is 0 Å². The molecule has 0 heterocycles. The molecule has 0 N–H and O–H groups in total. The zero-order valence-electron chi connectivity index (χ0n) is 17.1. The molecule has 24 heavy (non-hydrogen) atoms. The number of hydrogen-bond donors (Lipinski definition) is 0. The van der Waals surface area contributed by atoms with Gasteiger partial charge in [0.2, 0.25) is 0 Å². The van der Waals surface area contributed by atoms with Gasteiger partial charge in [-0.1, -0.05) is 63.0 Å². The Labute approximate surface area is 151 Å². The Balaban J connectivity index is 0.000000573. The quantitative estimate of drug-likeness (QED) is 0.341. The van der Waals surface area contributed by atoms with Gasteiger partial charge in [-0.15, -0.1) is 12.5 Å². The van der Waals surface area contributed by atoms with Crippen molar-refractivity contribution >= 4 is 5.57 Å². The zero-order valence-corrected chi connectivity index (χ0v) is 17.1. The first-order valence-corrected chi connectivity index (χ1v) is 9.42. The number of rotatable bonds is 0. The van der Waals surface area contributed by atoms with E-state index in [4.69, 9.17) is 0 Å². The van der Waals surface area contributed by atoms with Gasteiger partial charge in [0.15, 0.2) is 0 Å². The lowest BCUT2D eigenvalue weighted by Crippen LogP contribution is -2.02. The van der Waals surface area contributed by atoms with Gasteiger partial charge in [0.05, 0.1) is 5.92 Å². The minimum atomic E-state index is 0.381. The third-order valence-electron chi connectivity index (χ3n) is 3.91. The molecule has 0 saturated heterocycles. The molecule has 0 heteroatoms. The molecule has 0 nitrogen and oxygen atoms in total. The van der Waals surface area contributed by atoms with Gasteiger partial charge in [-0.3, -0.25) is 0 Å². The largest absolute Gasteiger partial charge is 0.102 e. The fraction of sp³-hybridized carbons (Fsp3) is 0.500. The molecule has 132 valence electrons. The van der Waals surface area contributed by atoms with Crippen molar-refractivity contribution in [3.63, 3.8) is 0 Å². The number of hydrogen-bond acceptors (Lipinski definition) is 0. The van der Waals surface area contributed by atoms with Gasteiger partial charge in [0, 0.05) is 6.42 Å². The molecule has 1 unspecified atom stereocenters. The van der Waals surface area contributed by atoms with E-state index >= 15 is 0 Å². The summed E-state index contributed by atoms with van der Waals surface area (Å²) in [5.41, 5.74) is 8.53. The van der Waals surface area contributed by atoms with Crippen LogP contribution in [0.3, 0.4) is 0 Å². The van der Waals surface area contributed by atoms with Crippen LogP contribution in [0.2, 0.25) is 0 Å². The van der Waals surface area contributed by atoms with E-state index < -0.39 is 0 Å². The lowest BCUT2D eigenvalue weighted by molar-refractivity contribution is 0.829. The van der Waals surface area contributed by atoms with Gasteiger partial charge in [-0.2, -0.15) is 0 Å². The maximum atomic E-state index is 3.56. The van der Waals surface area contributed by atoms with Crippen LogP contribution >= 0.6 is 0 Å². The van der Waals surface area contributed by atoms with Crippen LogP contribution in [-0.4, -0.2) is 0 Å². The van der Waals surface area contributed by atoms with Gasteiger partial charge < -0.3 is 0 Å². The summed E-state index contributed by atoms with van der Waals surface area (Å²) in [5.74, 6) is 7.16. The molecule has 1 aromatic rings. The van der Waals surface area contributed by atoms with Crippen molar-refractivity contribution in [2.45, 2.75) is 80.6 Å². The van der Waals surface area contributed by atoms with Crippen molar-refractivity contribution in [2.24, 2.45) is 0 Å². The smallest absolute Gasteiger partial charge is 0.0673 e. The van der Waals surface area contributed by atoms with Crippen molar-refractivity contribution in [3.05, 3.63) is 52.6 Å². The van der Waals surface area contributed by atoms with Crippen LogP contribution in [0.5, 0.6) is 0 Å². The second-order valence-corrected chi connectivity index (χ2v) is 6.00. The van der Waals surface area contributed by atoms with Gasteiger partial charge in [0.25, 0.3) is 0 Å². The first-order chi connectivity index (χ1) is 11.5. The van der Waals surface area contributed by atoms with E-state index in [0.717, 1.165) is 6.42 Å². The predicted molar refractivity (Wildman–Crippen MR) is 111 cm³/mol. The second-order valence-electron chi connectivity index (χ2n) is 6.00. The van der Waals surface area contributed by atoms with Crippen LogP contribution in [0.4, 0.5) is 0 Å². The van der Waals surface area contributed by atoms with Crippen LogP contribution in [0.1, 0.15) is 90.8 Å². The molecule has 0 amide bonds. The fourth-order valence-electron chi connectivity index (χ4n) is 2.87. The molecule has 0 bridgehead atoms. The minimum absolute atomic E-state index is 0.381. The Morgan fingerprint density at radius 3 is 2.25 bits per heavy atom. The Bertz CT molecular complexity index is 613. The van der Waals surface area contributed by atoms with E-state index in [0.29, 0.717) is 5.92 Å². The van der Waals surface area contributed by atoms with Gasteiger partial charge in [-0.25, -0.2) is 0 Å². The van der Waals surface area contributed by atoms with Gasteiger partial charge in [0.1, 0.15) is 0 Å². The maximum Gasteiger partial charge on any atom is 0.0673 e. The van der Waals surface area contributed by atoms with E-state index in [9.17, 15) is 0 Å². The van der Waals surface area contributed by atoms with Crippen LogP contribution in [-0.2, 0) is 6.42 Å². The summed E-state index contributed by atoms with van der Waals surface area (Å²) in [5, 5.41) is 0. The Hall–Kier alpha value is -1.74. The number of allylic oxidation sites excluding steroid dienone is 3. The van der Waals surface area contributed by atoms with Crippen LogP contribution in [0.15, 0.2) is 35.9 Å². The highest BCUT2D eigenvalue weighted by Crippen LogP contribution is 2.43. The molecule has 0 aliphatic heterocycles. The summed E-state index contributed by atoms with van der Waals surface area (Å²) in [6.07, 6.45) is 3.44. The highest BCUT2D eigenvalue weighted by Gasteiger charge is 2.27. The van der Waals surface area contributed by atoms with Gasteiger partial charge in [-0.05, 0) is 62.8 Å². The van der Waals surface area contributed by atoms with Crippen molar-refractivity contribution in [1.82, 2.24) is 0 Å². The van der Waals surface area contributed by atoms with Crippen molar-refractivity contribution < 1.29 is 0 Å². The zero-order chi connectivity index (χ0) is 18.7. The van der Waals surface area contributed by atoms with Crippen LogP contribution in [0, 0.1) is 11.8 Å². The summed E-state index contributed by atoms with van der Waals surface area (Å²) >= 11 is 0. The summed E-state index contributed by atoms with van der Waals surface area (Å²) < 4.78 is 0. The van der Waals surface area contributed by atoms with Crippen molar-refractivity contribution in [3.8, 4) is 11.8 Å². The predicted octanol–water partition coefficient (Wildman–Crippen LogP) is 7.55. The minimum Gasteiger partial charge on any atom is -0.102 e. The fourth-order valence-corrected chi connectivity index (χ4v) is 2.87. The normalized spacial score (nSPS) is 16.2. The van der Waals surface area contributed by atoms with Crippen molar-refractivity contribution in [2.75, 3.05) is 0 Å². The highest BCUT2D eigenvalue weighted by molar-refractivity contribution is 5.79. The van der Waals surface area contributed by atoms with Gasteiger partial charge >= 0.3 is 0 Å². The molecule has 1 atom stereocenters. The third-order valence-corrected chi connectivity index (χ3v) is 3.91. The molecule has 0 saturated carbocycles. The van der Waals surface area contributed by atoms with E-state index in [-0.39, 0.29) is 0 Å². The molecule has 0 fully saturated rings. The second kappa shape index (κ2) is 11.7. The molecule has 0 radical (unpaired) electrons. The topological polar surface area (TPSA) is 0 Å². The third kappa shape index (κ3) is 5.72. The molecular formula is C24H36. The molecule has 2 aliphatic carbocycles. The molecule has 1 aromatic carbocycles.